The van der Waals surface area contributed by atoms with Crippen LogP contribution in [-0.2, 0) is 5.41 Å². The van der Waals surface area contributed by atoms with Gasteiger partial charge in [0, 0.05) is 10.8 Å². The molecule has 1 aliphatic rings. The molecule has 0 bridgehead atoms. The number of benzene rings is 3. The van der Waals surface area contributed by atoms with E-state index in [1.165, 1.54) is 18.2 Å². The molecular formula is C19H14F2O. The fourth-order valence-electron chi connectivity index (χ4n) is 3.56. The summed E-state index contributed by atoms with van der Waals surface area (Å²) < 4.78 is 27.2. The Morgan fingerprint density at radius 1 is 0.818 bits per heavy atom. The minimum absolute atomic E-state index is 0.0506. The van der Waals surface area contributed by atoms with E-state index in [-0.39, 0.29) is 17.4 Å². The van der Waals surface area contributed by atoms with E-state index in [2.05, 4.69) is 0 Å². The Labute approximate surface area is 126 Å². The number of rotatable bonds is 0. The third kappa shape index (κ3) is 1.56. The molecule has 0 unspecified atom stereocenters. The van der Waals surface area contributed by atoms with Gasteiger partial charge in [0.05, 0.1) is 0 Å². The third-order valence-electron chi connectivity index (χ3n) is 4.67. The van der Waals surface area contributed by atoms with Gasteiger partial charge in [-0.05, 0) is 58.0 Å². The van der Waals surface area contributed by atoms with E-state index in [0.717, 1.165) is 27.6 Å². The minimum Gasteiger partial charge on any atom is -0.507 e. The van der Waals surface area contributed by atoms with Crippen molar-refractivity contribution in [3.63, 3.8) is 0 Å². The predicted molar refractivity (Wildman–Crippen MR) is 83.1 cm³/mol. The number of phenolic OH excluding ortho intramolecular Hbond substituents is 1. The SMILES string of the molecule is CC1(C)c2cc(F)ccc2-c2c1cc(O)c1cc(F)ccc21. The van der Waals surface area contributed by atoms with Gasteiger partial charge in [-0.3, -0.25) is 0 Å². The molecule has 0 fully saturated rings. The highest BCUT2D eigenvalue weighted by atomic mass is 19.1. The maximum absolute atomic E-state index is 13.7. The molecule has 1 nitrogen and oxygen atoms in total. The number of hydrogen-bond donors (Lipinski definition) is 1. The summed E-state index contributed by atoms with van der Waals surface area (Å²) in [6.07, 6.45) is 0. The average Bonchev–Trinajstić information content (AvgIpc) is 2.68. The van der Waals surface area contributed by atoms with E-state index in [1.807, 2.05) is 13.8 Å². The van der Waals surface area contributed by atoms with Crippen LogP contribution in [0.2, 0.25) is 0 Å². The highest BCUT2D eigenvalue weighted by Gasteiger charge is 2.37. The summed E-state index contributed by atoms with van der Waals surface area (Å²) in [7, 11) is 0. The number of hydrogen-bond acceptors (Lipinski definition) is 1. The molecule has 0 amide bonds. The van der Waals surface area contributed by atoms with Crippen molar-refractivity contribution in [2.24, 2.45) is 0 Å². The molecule has 0 saturated heterocycles. The van der Waals surface area contributed by atoms with Gasteiger partial charge in [-0.2, -0.15) is 0 Å². The van der Waals surface area contributed by atoms with Gasteiger partial charge in [0.1, 0.15) is 17.4 Å². The number of aromatic hydroxyl groups is 1. The van der Waals surface area contributed by atoms with Crippen molar-refractivity contribution < 1.29 is 13.9 Å². The zero-order chi connectivity index (χ0) is 15.6. The Kier molecular flexibility index (Phi) is 2.45. The molecule has 0 aromatic heterocycles. The lowest BCUT2D eigenvalue weighted by Gasteiger charge is -2.22. The van der Waals surface area contributed by atoms with E-state index in [4.69, 9.17) is 0 Å². The van der Waals surface area contributed by atoms with Gasteiger partial charge >= 0.3 is 0 Å². The minimum atomic E-state index is -0.410. The van der Waals surface area contributed by atoms with Crippen molar-refractivity contribution in [1.82, 2.24) is 0 Å². The molecule has 4 rings (SSSR count). The maximum atomic E-state index is 13.7. The maximum Gasteiger partial charge on any atom is 0.123 e. The van der Waals surface area contributed by atoms with E-state index < -0.39 is 5.41 Å². The van der Waals surface area contributed by atoms with E-state index >= 15 is 0 Å². The first kappa shape index (κ1) is 13.3. The van der Waals surface area contributed by atoms with Gasteiger partial charge in [-0.15, -0.1) is 0 Å². The Morgan fingerprint density at radius 2 is 1.50 bits per heavy atom. The molecule has 3 aromatic rings. The van der Waals surface area contributed by atoms with Crippen molar-refractivity contribution in [3.05, 3.63) is 65.2 Å². The molecule has 22 heavy (non-hydrogen) atoms. The average molecular weight is 296 g/mol. The molecule has 1 aliphatic carbocycles. The number of halogens is 2. The van der Waals surface area contributed by atoms with E-state index in [1.54, 1.807) is 24.3 Å². The van der Waals surface area contributed by atoms with Crippen molar-refractivity contribution in [3.8, 4) is 16.9 Å². The summed E-state index contributed by atoms with van der Waals surface area (Å²) in [4.78, 5) is 0. The molecule has 3 heteroatoms. The summed E-state index contributed by atoms with van der Waals surface area (Å²) in [5.74, 6) is -0.617. The first-order valence-corrected chi connectivity index (χ1v) is 7.15. The van der Waals surface area contributed by atoms with Crippen molar-refractivity contribution in [2.75, 3.05) is 0 Å². The molecular weight excluding hydrogens is 282 g/mol. The Bertz CT molecular complexity index is 942. The monoisotopic (exact) mass is 296 g/mol. The second kappa shape index (κ2) is 4.07. The quantitative estimate of drug-likeness (QED) is 0.609. The Hall–Kier alpha value is -2.42. The Morgan fingerprint density at radius 3 is 2.27 bits per heavy atom. The van der Waals surface area contributed by atoms with Crippen LogP contribution >= 0.6 is 0 Å². The van der Waals surface area contributed by atoms with Crippen LogP contribution in [-0.4, -0.2) is 5.11 Å². The van der Waals surface area contributed by atoms with Crippen molar-refractivity contribution in [2.45, 2.75) is 19.3 Å². The second-order valence-electron chi connectivity index (χ2n) is 6.32. The summed E-state index contributed by atoms with van der Waals surface area (Å²) in [6, 6.07) is 10.8. The largest absolute Gasteiger partial charge is 0.507 e. The lowest BCUT2D eigenvalue weighted by molar-refractivity contribution is 0.479. The summed E-state index contributed by atoms with van der Waals surface area (Å²) in [5, 5.41) is 11.6. The summed E-state index contributed by atoms with van der Waals surface area (Å²) in [6.45, 7) is 4.01. The fourth-order valence-corrected chi connectivity index (χ4v) is 3.56. The van der Waals surface area contributed by atoms with Gasteiger partial charge < -0.3 is 5.11 Å². The van der Waals surface area contributed by atoms with Crippen LogP contribution in [0.3, 0.4) is 0 Å². The van der Waals surface area contributed by atoms with E-state index in [0.29, 0.717) is 5.39 Å². The lowest BCUT2D eigenvalue weighted by atomic mass is 9.82. The highest BCUT2D eigenvalue weighted by molar-refractivity contribution is 6.05. The van der Waals surface area contributed by atoms with Crippen LogP contribution in [0, 0.1) is 11.6 Å². The van der Waals surface area contributed by atoms with Crippen LogP contribution in [0.4, 0.5) is 8.78 Å². The van der Waals surface area contributed by atoms with Gasteiger partial charge in [0.2, 0.25) is 0 Å². The first-order chi connectivity index (χ1) is 10.4. The zero-order valence-electron chi connectivity index (χ0n) is 12.2. The van der Waals surface area contributed by atoms with Crippen LogP contribution < -0.4 is 0 Å². The molecule has 3 aromatic carbocycles. The fraction of sp³-hybridized carbons (Fsp3) is 0.158. The Balaban J connectivity index is 2.20. The number of fused-ring (bicyclic) bond motifs is 5. The summed E-state index contributed by atoms with van der Waals surface area (Å²) >= 11 is 0. The molecule has 0 aliphatic heterocycles. The van der Waals surface area contributed by atoms with Gasteiger partial charge in [-0.1, -0.05) is 26.0 Å². The predicted octanol–water partition coefficient (Wildman–Crippen LogP) is 5.13. The molecule has 0 atom stereocenters. The van der Waals surface area contributed by atoms with Crippen LogP contribution in [0.25, 0.3) is 21.9 Å². The van der Waals surface area contributed by atoms with Gasteiger partial charge in [-0.25, -0.2) is 8.78 Å². The van der Waals surface area contributed by atoms with Crippen LogP contribution in [0.5, 0.6) is 5.75 Å². The topological polar surface area (TPSA) is 20.2 Å². The first-order valence-electron chi connectivity index (χ1n) is 7.15. The standard InChI is InChI=1S/C19H14F2O/c1-19(2)15-8-11(21)4-6-13(15)18-12-5-3-10(20)7-14(12)17(22)9-16(18)19/h3-9,22H,1-2H3. The van der Waals surface area contributed by atoms with Crippen molar-refractivity contribution in [1.29, 1.82) is 0 Å². The summed E-state index contributed by atoms with van der Waals surface area (Å²) in [5.41, 5.74) is 3.31. The smallest absolute Gasteiger partial charge is 0.123 e. The normalized spacial score (nSPS) is 14.9. The van der Waals surface area contributed by atoms with Gasteiger partial charge in [0.25, 0.3) is 0 Å². The third-order valence-corrected chi connectivity index (χ3v) is 4.67. The van der Waals surface area contributed by atoms with Crippen LogP contribution in [0.1, 0.15) is 25.0 Å². The van der Waals surface area contributed by atoms with Crippen molar-refractivity contribution >= 4 is 10.8 Å². The van der Waals surface area contributed by atoms with Crippen LogP contribution in [0.15, 0.2) is 42.5 Å². The van der Waals surface area contributed by atoms with E-state index in [9.17, 15) is 13.9 Å². The van der Waals surface area contributed by atoms with Gasteiger partial charge in [0.15, 0.2) is 0 Å². The lowest BCUT2D eigenvalue weighted by Crippen LogP contribution is -2.15. The molecule has 1 N–H and O–H groups in total. The molecule has 0 heterocycles. The molecule has 0 spiro atoms. The molecule has 0 saturated carbocycles. The molecule has 0 radical (unpaired) electrons. The second-order valence-corrected chi connectivity index (χ2v) is 6.32. The highest BCUT2D eigenvalue weighted by Crippen LogP contribution is 2.53. The zero-order valence-corrected chi connectivity index (χ0v) is 12.2. The molecule has 110 valence electrons. The number of phenols is 1.